The van der Waals surface area contributed by atoms with Crippen molar-refractivity contribution in [1.82, 2.24) is 4.57 Å². The molecule has 0 saturated heterocycles. The highest BCUT2D eigenvalue weighted by Gasteiger charge is 2.29. The molecule has 0 bridgehead atoms. The summed E-state index contributed by atoms with van der Waals surface area (Å²) in [5.74, 6) is 0. The van der Waals surface area contributed by atoms with Gasteiger partial charge in [-0.05, 0) is 99.5 Å². The summed E-state index contributed by atoms with van der Waals surface area (Å²) in [6.45, 7) is 6.50. The fourth-order valence-corrected chi connectivity index (χ4v) is 9.50. The van der Waals surface area contributed by atoms with Crippen molar-refractivity contribution >= 4 is 49.4 Å². The van der Waals surface area contributed by atoms with Crippen LogP contribution >= 0.6 is 0 Å². The number of hydrogen-bond donors (Lipinski definition) is 0. The van der Waals surface area contributed by atoms with Crippen LogP contribution in [0.5, 0.6) is 0 Å². The van der Waals surface area contributed by atoms with Crippen LogP contribution < -0.4 is 0 Å². The number of hydrogen-bond acceptors (Lipinski definition) is 1. The SMILES string of the molecule is C=C/C(=C\C=C/C)n1c2cc(-c3cccc(-c4ccc5oc6ccccc6c5c4)c3)ccc2c2c(-c3ccccc3)c(-c3ccccc3)c(-c3ccccc3)c(-c3ccccc3)c21. The fourth-order valence-electron chi connectivity index (χ4n) is 9.50. The van der Waals surface area contributed by atoms with Crippen molar-refractivity contribution in [3.63, 3.8) is 0 Å². The topological polar surface area (TPSA) is 18.1 Å². The lowest BCUT2D eigenvalue weighted by atomic mass is 9.80. The number of benzene rings is 9. The third-order valence-electron chi connectivity index (χ3n) is 12.3. The molecule has 0 amide bonds. The molecule has 0 aliphatic rings. The van der Waals surface area contributed by atoms with E-state index in [0.717, 1.165) is 77.6 Å². The van der Waals surface area contributed by atoms with Crippen LogP contribution in [0.25, 0.3) is 116 Å². The number of allylic oxidation sites excluding steroid dienone is 5. The van der Waals surface area contributed by atoms with E-state index < -0.39 is 0 Å². The molecule has 2 aromatic heterocycles. The summed E-state index contributed by atoms with van der Waals surface area (Å²) in [5.41, 5.74) is 19.0. The summed E-state index contributed by atoms with van der Waals surface area (Å²) in [4.78, 5) is 0. The molecule has 0 spiro atoms. The maximum atomic E-state index is 6.19. The van der Waals surface area contributed by atoms with Crippen LogP contribution in [0.3, 0.4) is 0 Å². The van der Waals surface area contributed by atoms with Crippen molar-refractivity contribution in [3.8, 4) is 66.8 Å². The van der Waals surface area contributed by atoms with Gasteiger partial charge in [0.05, 0.1) is 11.0 Å². The van der Waals surface area contributed by atoms with Crippen LogP contribution in [0.15, 0.2) is 242 Å². The van der Waals surface area contributed by atoms with Crippen molar-refractivity contribution < 1.29 is 4.42 Å². The zero-order valence-electron chi connectivity index (χ0n) is 35.0. The molecule has 0 atom stereocenters. The van der Waals surface area contributed by atoms with Gasteiger partial charge in [0, 0.05) is 43.9 Å². The Hall–Kier alpha value is -8.20. The van der Waals surface area contributed by atoms with Crippen molar-refractivity contribution in [3.05, 3.63) is 237 Å². The second kappa shape index (κ2) is 16.0. The Morgan fingerprint density at radius 1 is 0.429 bits per heavy atom. The molecule has 2 heterocycles. The maximum Gasteiger partial charge on any atom is 0.135 e. The zero-order chi connectivity index (χ0) is 42.3. The Labute approximate surface area is 367 Å². The van der Waals surface area contributed by atoms with E-state index >= 15 is 0 Å². The van der Waals surface area contributed by atoms with Crippen LogP contribution in [0.1, 0.15) is 6.92 Å². The number of furan rings is 1. The van der Waals surface area contributed by atoms with E-state index in [0.29, 0.717) is 0 Å². The van der Waals surface area contributed by atoms with E-state index in [-0.39, 0.29) is 0 Å². The van der Waals surface area contributed by atoms with Gasteiger partial charge in [-0.25, -0.2) is 0 Å². The molecule has 0 aliphatic heterocycles. The van der Waals surface area contributed by atoms with Crippen LogP contribution in [0.2, 0.25) is 0 Å². The summed E-state index contributed by atoms with van der Waals surface area (Å²) in [6, 6.07) is 74.4. The molecule has 0 unspecified atom stereocenters. The van der Waals surface area contributed by atoms with E-state index in [1.165, 1.54) is 38.6 Å². The Bertz CT molecular complexity index is 3550. The minimum absolute atomic E-state index is 0.897. The predicted molar refractivity (Wildman–Crippen MR) is 269 cm³/mol. The van der Waals surface area contributed by atoms with E-state index in [1.54, 1.807) is 0 Å². The van der Waals surface area contributed by atoms with Gasteiger partial charge in [0.25, 0.3) is 0 Å². The van der Waals surface area contributed by atoms with Gasteiger partial charge in [-0.3, -0.25) is 0 Å². The summed E-state index contributed by atoms with van der Waals surface area (Å²) < 4.78 is 8.64. The molecule has 9 aromatic carbocycles. The van der Waals surface area contributed by atoms with Gasteiger partial charge in [0.2, 0.25) is 0 Å². The normalized spacial score (nSPS) is 12.0. The largest absolute Gasteiger partial charge is 0.456 e. The molecule has 2 heteroatoms. The highest BCUT2D eigenvalue weighted by atomic mass is 16.3. The molecule has 0 saturated carbocycles. The molecule has 0 radical (unpaired) electrons. The molecular weight excluding hydrogens is 763 g/mol. The van der Waals surface area contributed by atoms with Gasteiger partial charge >= 0.3 is 0 Å². The Balaban J connectivity index is 1.27. The third kappa shape index (κ3) is 6.52. The Kier molecular flexibility index (Phi) is 9.60. The maximum absolute atomic E-state index is 6.19. The van der Waals surface area contributed by atoms with Gasteiger partial charge < -0.3 is 8.98 Å². The van der Waals surface area contributed by atoms with Crippen molar-refractivity contribution in [2.75, 3.05) is 0 Å². The Morgan fingerprint density at radius 3 is 1.54 bits per heavy atom. The minimum atomic E-state index is 0.897. The first-order valence-electron chi connectivity index (χ1n) is 21.6. The second-order valence-electron chi connectivity index (χ2n) is 16.0. The number of nitrogens with zero attached hydrogens (tertiary/aromatic N) is 1. The van der Waals surface area contributed by atoms with E-state index in [9.17, 15) is 0 Å². The van der Waals surface area contributed by atoms with E-state index in [4.69, 9.17) is 4.42 Å². The van der Waals surface area contributed by atoms with Crippen molar-refractivity contribution in [2.45, 2.75) is 6.92 Å². The molecule has 11 aromatic rings. The number of aromatic nitrogens is 1. The first kappa shape index (κ1) is 37.8. The summed E-state index contributed by atoms with van der Waals surface area (Å²) in [6.07, 6.45) is 8.36. The lowest BCUT2D eigenvalue weighted by Crippen LogP contribution is -2.01. The second-order valence-corrected chi connectivity index (χ2v) is 16.0. The van der Waals surface area contributed by atoms with Crippen LogP contribution in [0, 0.1) is 0 Å². The zero-order valence-corrected chi connectivity index (χ0v) is 35.0. The van der Waals surface area contributed by atoms with Gasteiger partial charge in [-0.2, -0.15) is 0 Å². The van der Waals surface area contributed by atoms with Crippen LogP contribution in [-0.4, -0.2) is 4.57 Å². The fraction of sp³-hybridized carbons (Fsp3) is 0.0164. The van der Waals surface area contributed by atoms with Gasteiger partial charge in [-0.15, -0.1) is 0 Å². The molecule has 298 valence electrons. The van der Waals surface area contributed by atoms with Crippen LogP contribution in [0.4, 0.5) is 0 Å². The molecule has 0 N–H and O–H groups in total. The van der Waals surface area contributed by atoms with Crippen molar-refractivity contribution in [2.24, 2.45) is 0 Å². The highest BCUT2D eigenvalue weighted by Crippen LogP contribution is 2.54. The van der Waals surface area contributed by atoms with Gasteiger partial charge in [0.1, 0.15) is 11.2 Å². The molecule has 0 fully saturated rings. The van der Waals surface area contributed by atoms with E-state index in [1.807, 2.05) is 18.2 Å². The number of para-hydroxylation sites is 1. The van der Waals surface area contributed by atoms with Gasteiger partial charge in [-0.1, -0.05) is 195 Å². The molecular formula is C61H43NO. The molecule has 11 rings (SSSR count). The number of rotatable bonds is 9. The van der Waals surface area contributed by atoms with Crippen LogP contribution in [-0.2, 0) is 0 Å². The quantitative estimate of drug-likeness (QED) is 0.133. The summed E-state index contributed by atoms with van der Waals surface area (Å²) >= 11 is 0. The first-order chi connectivity index (χ1) is 31.2. The molecule has 2 nitrogen and oxygen atoms in total. The molecule has 0 aliphatic carbocycles. The third-order valence-corrected chi connectivity index (χ3v) is 12.3. The van der Waals surface area contributed by atoms with Crippen molar-refractivity contribution in [1.29, 1.82) is 0 Å². The average Bonchev–Trinajstić information content (AvgIpc) is 3.90. The molecule has 63 heavy (non-hydrogen) atoms. The predicted octanol–water partition coefficient (Wildman–Crippen LogP) is 17.3. The standard InChI is InChI=1S/C61H43NO/c1-3-5-31-49(4-2)62-53-40-48(46-30-20-29-45(38-46)47-35-37-55-52(39-47)50-32-18-19-33-54(50)63-55)34-36-51(53)60-58(43-25-14-8-15-26-43)56(41-21-10-6-11-22-41)57(42-23-12-7-13-24-42)59(61(60)62)44-27-16-9-17-28-44/h3-40H,2H2,1H3/b5-3-,49-31+. The monoisotopic (exact) mass is 805 g/mol. The van der Waals surface area contributed by atoms with E-state index in [2.05, 4.69) is 230 Å². The summed E-state index contributed by atoms with van der Waals surface area (Å²) in [7, 11) is 0. The minimum Gasteiger partial charge on any atom is -0.456 e. The lowest BCUT2D eigenvalue weighted by molar-refractivity contribution is 0.669. The smallest absolute Gasteiger partial charge is 0.135 e. The summed E-state index contributed by atoms with van der Waals surface area (Å²) in [5, 5.41) is 4.62. The highest BCUT2D eigenvalue weighted by molar-refractivity contribution is 6.27. The average molecular weight is 806 g/mol. The van der Waals surface area contributed by atoms with Gasteiger partial charge in [0.15, 0.2) is 0 Å². The first-order valence-corrected chi connectivity index (χ1v) is 21.6. The Morgan fingerprint density at radius 2 is 0.921 bits per heavy atom. The number of fused-ring (bicyclic) bond motifs is 6. The lowest BCUT2D eigenvalue weighted by Gasteiger charge is -2.24.